The fraction of sp³-hybridized carbons (Fsp3) is 0.406. The predicted molar refractivity (Wildman–Crippen MR) is 155 cm³/mol. The Labute approximate surface area is 252 Å². The van der Waals surface area contributed by atoms with Gasteiger partial charge in [-0.1, -0.05) is 54.6 Å². The number of alkyl halides is 4. The van der Waals surface area contributed by atoms with Gasteiger partial charge in [-0.3, -0.25) is 4.79 Å². The summed E-state index contributed by atoms with van der Waals surface area (Å²) < 4.78 is 91.7. The molecule has 0 spiro atoms. The topological polar surface area (TPSA) is 83.5 Å². The van der Waals surface area contributed by atoms with Crippen LogP contribution in [0, 0.1) is 23.2 Å². The third-order valence-electron chi connectivity index (χ3n) is 7.77. The van der Waals surface area contributed by atoms with E-state index in [0.717, 1.165) is 0 Å². The van der Waals surface area contributed by atoms with E-state index in [0.29, 0.717) is 0 Å². The fourth-order valence-corrected chi connectivity index (χ4v) is 8.18. The van der Waals surface area contributed by atoms with E-state index in [9.17, 15) is 35.3 Å². The lowest BCUT2D eigenvalue weighted by Gasteiger charge is -2.37. The first-order valence-corrected chi connectivity index (χ1v) is 16.5. The molecule has 11 heteroatoms. The summed E-state index contributed by atoms with van der Waals surface area (Å²) in [6.45, 7) is 4.87. The first kappa shape index (κ1) is 33.0. The highest BCUT2D eigenvalue weighted by Gasteiger charge is 2.69. The van der Waals surface area contributed by atoms with Crippen LogP contribution in [0.1, 0.15) is 40.0 Å². The molecule has 0 aromatic heterocycles. The fourth-order valence-electron chi connectivity index (χ4n) is 5.59. The minimum absolute atomic E-state index is 0.0146. The number of benzene rings is 3. The second-order valence-electron chi connectivity index (χ2n) is 11.9. The number of carbonyl (C=O) groups is 1. The average Bonchev–Trinajstić information content (AvgIpc) is 3.55. The van der Waals surface area contributed by atoms with Crippen molar-refractivity contribution in [2.75, 3.05) is 0 Å². The first-order chi connectivity index (χ1) is 20.0. The molecule has 232 valence electrons. The molecule has 2 aliphatic rings. The zero-order valence-corrected chi connectivity index (χ0v) is 25.6. The standard InChI is InChI=1S/C18H15S.C14H20F4O5S/c1-4-10-16(11-5-1)19(17-12-6-2-7-13-17)18-14-8-3-9-15-18;1-12(2,3)11(19)23-10-6-7-4-8(10)5-9(7)13(15,16)14(17,18)24(20,21)22/h1-15H;7-10H,4-6H2,1-3H3,(H,20,21,22)/q+1;/p-1. The highest BCUT2D eigenvalue weighted by atomic mass is 32.2. The number of esters is 1. The van der Waals surface area contributed by atoms with Crippen LogP contribution in [0.15, 0.2) is 106 Å². The van der Waals surface area contributed by atoms with Gasteiger partial charge in [-0.05, 0) is 88.3 Å². The molecule has 2 fully saturated rings. The number of fused-ring (bicyclic) bond motifs is 2. The Morgan fingerprint density at radius 2 is 1.16 bits per heavy atom. The highest BCUT2D eigenvalue weighted by molar-refractivity contribution is 7.97. The van der Waals surface area contributed by atoms with Crippen LogP contribution in [0.2, 0.25) is 0 Å². The Bertz CT molecular complexity index is 1390. The average molecular weight is 639 g/mol. The molecule has 0 radical (unpaired) electrons. The van der Waals surface area contributed by atoms with Crippen molar-refractivity contribution in [3.05, 3.63) is 91.0 Å². The number of ether oxygens (including phenoxy) is 1. The van der Waals surface area contributed by atoms with Gasteiger partial charge in [-0.2, -0.15) is 17.6 Å². The molecule has 0 N–H and O–H groups in total. The third-order valence-corrected chi connectivity index (χ3v) is 10.9. The van der Waals surface area contributed by atoms with E-state index in [1.807, 2.05) is 0 Å². The van der Waals surface area contributed by atoms with Crippen LogP contribution in [0.3, 0.4) is 0 Å². The van der Waals surface area contributed by atoms with Gasteiger partial charge in [-0.25, -0.2) is 8.42 Å². The molecule has 43 heavy (non-hydrogen) atoms. The van der Waals surface area contributed by atoms with Gasteiger partial charge >= 0.3 is 17.1 Å². The molecule has 0 saturated heterocycles. The maximum atomic E-state index is 14.0. The molecule has 4 unspecified atom stereocenters. The number of halogens is 4. The summed E-state index contributed by atoms with van der Waals surface area (Å²) >= 11 is 0. The van der Waals surface area contributed by atoms with Crippen molar-refractivity contribution in [1.29, 1.82) is 0 Å². The van der Waals surface area contributed by atoms with Crippen LogP contribution in [0.4, 0.5) is 17.6 Å². The Kier molecular flexibility index (Phi) is 9.68. The minimum Gasteiger partial charge on any atom is -0.743 e. The highest BCUT2D eigenvalue weighted by Crippen LogP contribution is 2.58. The quantitative estimate of drug-likeness (QED) is 0.116. The van der Waals surface area contributed by atoms with Crippen LogP contribution in [0.5, 0.6) is 0 Å². The zero-order chi connectivity index (χ0) is 31.6. The summed E-state index contributed by atoms with van der Waals surface area (Å²) in [6, 6.07) is 32.2. The summed E-state index contributed by atoms with van der Waals surface area (Å²) in [5.74, 6) is -8.86. The number of hydrogen-bond acceptors (Lipinski definition) is 5. The van der Waals surface area contributed by atoms with Gasteiger partial charge in [-0.15, -0.1) is 0 Å². The zero-order valence-electron chi connectivity index (χ0n) is 24.0. The van der Waals surface area contributed by atoms with Gasteiger partial charge in [0.05, 0.1) is 16.3 Å². The molecule has 0 heterocycles. The van der Waals surface area contributed by atoms with Crippen molar-refractivity contribution < 1.29 is 40.1 Å². The smallest absolute Gasteiger partial charge is 0.396 e. The lowest BCUT2D eigenvalue weighted by atomic mass is 9.82. The van der Waals surface area contributed by atoms with E-state index in [-0.39, 0.29) is 23.7 Å². The third kappa shape index (κ3) is 7.10. The van der Waals surface area contributed by atoms with Crippen LogP contribution in [0.25, 0.3) is 0 Å². The molecule has 4 atom stereocenters. The van der Waals surface area contributed by atoms with Crippen LogP contribution in [-0.4, -0.2) is 36.2 Å². The van der Waals surface area contributed by atoms with Gasteiger partial charge in [0.1, 0.15) is 6.10 Å². The molecule has 0 aliphatic heterocycles. The molecule has 5 nitrogen and oxygen atoms in total. The van der Waals surface area contributed by atoms with Gasteiger partial charge in [0.2, 0.25) is 0 Å². The van der Waals surface area contributed by atoms with Gasteiger partial charge < -0.3 is 9.29 Å². The van der Waals surface area contributed by atoms with Crippen molar-refractivity contribution in [3.8, 4) is 0 Å². The van der Waals surface area contributed by atoms with Crippen molar-refractivity contribution in [3.63, 3.8) is 0 Å². The lowest BCUT2D eigenvalue weighted by molar-refractivity contribution is -0.207. The van der Waals surface area contributed by atoms with Crippen molar-refractivity contribution >= 4 is 27.0 Å². The minimum atomic E-state index is -6.48. The summed E-state index contributed by atoms with van der Waals surface area (Å²) in [5.41, 5.74) is -0.783. The molecule has 2 bridgehead atoms. The maximum Gasteiger partial charge on any atom is 0.396 e. The Balaban J connectivity index is 0.000000202. The molecular weight excluding hydrogens is 604 g/mol. The SMILES string of the molecule is CC(C)(C)C(=O)OC1CC2CC1CC2C(F)(F)C(F)(F)S(=O)(=O)[O-].c1ccc([S+](c2ccccc2)c2ccccc2)cc1. The van der Waals surface area contributed by atoms with Crippen LogP contribution in [-0.2, 0) is 30.5 Å². The normalized spacial score (nSPS) is 22.2. The summed E-state index contributed by atoms with van der Waals surface area (Å²) in [7, 11) is -6.50. The molecule has 3 aromatic rings. The Morgan fingerprint density at radius 1 is 0.744 bits per heavy atom. The van der Waals surface area contributed by atoms with E-state index in [4.69, 9.17) is 4.74 Å². The molecule has 3 aromatic carbocycles. The number of hydrogen-bond donors (Lipinski definition) is 0. The second-order valence-corrected chi connectivity index (χ2v) is 15.3. The second kappa shape index (κ2) is 12.6. The van der Waals surface area contributed by atoms with Crippen LogP contribution < -0.4 is 0 Å². The van der Waals surface area contributed by atoms with E-state index >= 15 is 0 Å². The summed E-state index contributed by atoms with van der Waals surface area (Å²) in [6.07, 6.45) is -0.963. The molecule has 2 saturated carbocycles. The monoisotopic (exact) mass is 638 g/mol. The Hall–Kier alpha value is -2.89. The van der Waals surface area contributed by atoms with Crippen molar-refractivity contribution in [2.24, 2.45) is 23.2 Å². The van der Waals surface area contributed by atoms with E-state index in [2.05, 4.69) is 91.0 Å². The van der Waals surface area contributed by atoms with Crippen molar-refractivity contribution in [1.82, 2.24) is 0 Å². The predicted octanol–water partition coefficient (Wildman–Crippen LogP) is 7.55. The molecule has 0 amide bonds. The van der Waals surface area contributed by atoms with E-state index < -0.39 is 63.0 Å². The molecular formula is C32H34F4O5S2. The van der Waals surface area contributed by atoms with Gasteiger partial charge in [0, 0.05) is 5.92 Å². The Morgan fingerprint density at radius 3 is 1.49 bits per heavy atom. The molecule has 2 aliphatic carbocycles. The van der Waals surface area contributed by atoms with Gasteiger partial charge in [0.25, 0.3) is 0 Å². The van der Waals surface area contributed by atoms with Crippen molar-refractivity contribution in [2.45, 2.75) is 72.0 Å². The largest absolute Gasteiger partial charge is 0.743 e. The first-order valence-electron chi connectivity index (χ1n) is 13.9. The van der Waals surface area contributed by atoms with E-state index in [1.165, 1.54) is 14.7 Å². The number of carbonyl (C=O) groups excluding carboxylic acids is 1. The summed E-state index contributed by atoms with van der Waals surface area (Å²) in [5, 5.41) is -5.66. The van der Waals surface area contributed by atoms with Gasteiger partial charge in [0.15, 0.2) is 24.8 Å². The lowest BCUT2D eigenvalue weighted by Crippen LogP contribution is -2.53. The van der Waals surface area contributed by atoms with Crippen LogP contribution >= 0.6 is 0 Å². The molecule has 5 rings (SSSR count). The maximum absolute atomic E-state index is 14.0. The van der Waals surface area contributed by atoms with E-state index in [1.54, 1.807) is 20.8 Å². The number of rotatable bonds is 7. The summed E-state index contributed by atoms with van der Waals surface area (Å²) in [4.78, 5) is 15.9.